The number of esters is 4. The van der Waals surface area contributed by atoms with Crippen molar-refractivity contribution in [1.29, 1.82) is 0 Å². The molecule has 2 aliphatic rings. The third-order valence-electron chi connectivity index (χ3n) is 4.41. The zero-order valence-corrected chi connectivity index (χ0v) is 13.0. The standard InChI is InChI=1S/C19H12O6/c20-16-12-8-2-6-10(14(12)18(22)24-16)4-1-5-11-7-3-9-13-15(11)19(23)25-17(13)21/h2-3,6-9H,1,4-5H2. The molecule has 2 aromatic rings. The summed E-state index contributed by atoms with van der Waals surface area (Å²) < 4.78 is 9.29. The Morgan fingerprint density at radius 3 is 1.48 bits per heavy atom. The molecule has 25 heavy (non-hydrogen) atoms. The van der Waals surface area contributed by atoms with Gasteiger partial charge in [-0.05, 0) is 42.5 Å². The zero-order valence-electron chi connectivity index (χ0n) is 13.0. The molecular weight excluding hydrogens is 324 g/mol. The van der Waals surface area contributed by atoms with Crippen molar-refractivity contribution in [3.63, 3.8) is 0 Å². The zero-order chi connectivity index (χ0) is 17.6. The molecule has 0 amide bonds. The number of aryl methyl sites for hydroxylation is 2. The van der Waals surface area contributed by atoms with Crippen LogP contribution in [0.15, 0.2) is 36.4 Å². The van der Waals surface area contributed by atoms with Crippen molar-refractivity contribution in [3.05, 3.63) is 69.8 Å². The van der Waals surface area contributed by atoms with E-state index < -0.39 is 23.9 Å². The van der Waals surface area contributed by atoms with E-state index in [1.807, 2.05) is 0 Å². The van der Waals surface area contributed by atoms with Crippen LogP contribution in [0.2, 0.25) is 0 Å². The molecule has 124 valence electrons. The quantitative estimate of drug-likeness (QED) is 0.630. The third-order valence-corrected chi connectivity index (χ3v) is 4.41. The number of ether oxygens (including phenoxy) is 2. The summed E-state index contributed by atoms with van der Waals surface area (Å²) in [7, 11) is 0. The summed E-state index contributed by atoms with van der Waals surface area (Å²) in [5.41, 5.74) is 2.69. The molecule has 4 rings (SSSR count). The summed E-state index contributed by atoms with van der Waals surface area (Å²) >= 11 is 0. The summed E-state index contributed by atoms with van der Waals surface area (Å²) in [6, 6.07) is 10.1. The minimum Gasteiger partial charge on any atom is -0.386 e. The Balaban J connectivity index is 1.54. The lowest BCUT2D eigenvalue weighted by Crippen LogP contribution is -2.03. The lowest BCUT2D eigenvalue weighted by molar-refractivity contribution is 0.0425. The van der Waals surface area contributed by atoms with Crippen molar-refractivity contribution >= 4 is 23.9 Å². The van der Waals surface area contributed by atoms with E-state index in [1.165, 1.54) is 0 Å². The van der Waals surface area contributed by atoms with Gasteiger partial charge in [0.05, 0.1) is 22.3 Å². The van der Waals surface area contributed by atoms with Crippen molar-refractivity contribution in [2.45, 2.75) is 19.3 Å². The number of fused-ring (bicyclic) bond motifs is 2. The predicted octanol–water partition coefficient (Wildman–Crippen LogP) is 2.48. The highest BCUT2D eigenvalue weighted by molar-refractivity contribution is 6.16. The largest absolute Gasteiger partial charge is 0.386 e. The maximum absolute atomic E-state index is 11.8. The fourth-order valence-electron chi connectivity index (χ4n) is 3.29. The first-order chi connectivity index (χ1) is 12.1. The van der Waals surface area contributed by atoms with E-state index >= 15 is 0 Å². The van der Waals surface area contributed by atoms with E-state index in [-0.39, 0.29) is 11.1 Å². The van der Waals surface area contributed by atoms with Crippen molar-refractivity contribution < 1.29 is 28.7 Å². The topological polar surface area (TPSA) is 86.7 Å². The van der Waals surface area contributed by atoms with Gasteiger partial charge in [0.25, 0.3) is 0 Å². The number of benzene rings is 2. The minimum atomic E-state index is -0.621. The summed E-state index contributed by atoms with van der Waals surface area (Å²) in [6.45, 7) is 0. The van der Waals surface area contributed by atoms with Gasteiger partial charge in [0.1, 0.15) is 0 Å². The average Bonchev–Trinajstić information content (AvgIpc) is 3.05. The van der Waals surface area contributed by atoms with Gasteiger partial charge in [0.15, 0.2) is 0 Å². The third kappa shape index (κ3) is 2.42. The van der Waals surface area contributed by atoms with Crippen molar-refractivity contribution in [3.8, 4) is 0 Å². The second-order valence-electron chi connectivity index (χ2n) is 5.89. The highest BCUT2D eigenvalue weighted by Gasteiger charge is 2.33. The molecule has 0 unspecified atom stereocenters. The van der Waals surface area contributed by atoms with E-state index in [2.05, 4.69) is 9.47 Å². The second-order valence-corrected chi connectivity index (χ2v) is 5.89. The van der Waals surface area contributed by atoms with E-state index in [0.29, 0.717) is 30.4 Å². The molecule has 2 aliphatic heterocycles. The van der Waals surface area contributed by atoms with Gasteiger partial charge in [-0.2, -0.15) is 0 Å². The summed E-state index contributed by atoms with van der Waals surface area (Å²) in [5.74, 6) is -2.48. The fraction of sp³-hybridized carbons (Fsp3) is 0.158. The van der Waals surface area contributed by atoms with Gasteiger partial charge in [0.2, 0.25) is 0 Å². The molecule has 0 saturated carbocycles. The molecule has 6 heteroatoms. The molecule has 0 aliphatic carbocycles. The smallest absolute Gasteiger partial charge is 0.347 e. The lowest BCUT2D eigenvalue weighted by Gasteiger charge is -2.07. The van der Waals surface area contributed by atoms with E-state index in [9.17, 15) is 19.2 Å². The highest BCUT2D eigenvalue weighted by atomic mass is 16.6. The first-order valence-corrected chi connectivity index (χ1v) is 7.83. The molecule has 0 aromatic heterocycles. The van der Waals surface area contributed by atoms with Crippen LogP contribution in [-0.2, 0) is 22.3 Å². The summed E-state index contributed by atoms with van der Waals surface area (Å²) in [6.07, 6.45) is 1.71. The first kappa shape index (κ1) is 15.3. The van der Waals surface area contributed by atoms with E-state index in [1.54, 1.807) is 36.4 Å². The number of hydrogen-bond acceptors (Lipinski definition) is 6. The maximum atomic E-state index is 11.8. The van der Waals surface area contributed by atoms with Crippen LogP contribution in [0.25, 0.3) is 0 Å². The van der Waals surface area contributed by atoms with Crippen LogP contribution in [0, 0.1) is 0 Å². The normalized spacial score (nSPS) is 15.0. The van der Waals surface area contributed by atoms with Crippen LogP contribution in [0.3, 0.4) is 0 Å². The number of hydrogen-bond donors (Lipinski definition) is 0. The Morgan fingerprint density at radius 1 is 0.600 bits per heavy atom. The SMILES string of the molecule is O=C1OC(=O)c2c(CCCc3cccc4c3C(=O)OC4=O)cccc21. The Bertz CT molecular complexity index is 879. The van der Waals surface area contributed by atoms with Gasteiger partial charge >= 0.3 is 23.9 Å². The molecule has 0 bridgehead atoms. The molecule has 2 aromatic carbocycles. The first-order valence-electron chi connectivity index (χ1n) is 7.83. The molecule has 0 fully saturated rings. The van der Waals surface area contributed by atoms with Crippen molar-refractivity contribution in [2.75, 3.05) is 0 Å². The second kappa shape index (κ2) is 5.66. The highest BCUT2D eigenvalue weighted by Crippen LogP contribution is 2.27. The molecule has 0 atom stereocenters. The molecule has 0 N–H and O–H groups in total. The van der Waals surface area contributed by atoms with Gasteiger partial charge in [-0.1, -0.05) is 24.3 Å². The molecular formula is C19H12O6. The van der Waals surface area contributed by atoms with Crippen molar-refractivity contribution in [1.82, 2.24) is 0 Å². The number of rotatable bonds is 4. The van der Waals surface area contributed by atoms with Gasteiger partial charge in [-0.15, -0.1) is 0 Å². The summed E-state index contributed by atoms with van der Waals surface area (Å²) in [4.78, 5) is 46.8. The van der Waals surface area contributed by atoms with Crippen LogP contribution in [0.1, 0.15) is 59.0 Å². The number of cyclic esters (lactones) is 4. The van der Waals surface area contributed by atoms with E-state index in [0.717, 1.165) is 11.1 Å². The maximum Gasteiger partial charge on any atom is 0.347 e. The molecule has 0 radical (unpaired) electrons. The molecule has 0 spiro atoms. The Hall–Kier alpha value is -3.28. The van der Waals surface area contributed by atoms with Crippen LogP contribution in [0.4, 0.5) is 0 Å². The monoisotopic (exact) mass is 336 g/mol. The Kier molecular flexibility index (Phi) is 3.46. The van der Waals surface area contributed by atoms with Gasteiger partial charge in [-0.3, -0.25) is 0 Å². The predicted molar refractivity (Wildman–Crippen MR) is 84.4 cm³/mol. The molecule has 0 saturated heterocycles. The minimum absolute atomic E-state index is 0.289. The number of carbonyl (C=O) groups excluding carboxylic acids is 4. The van der Waals surface area contributed by atoms with Crippen LogP contribution in [0.5, 0.6) is 0 Å². The van der Waals surface area contributed by atoms with Gasteiger partial charge < -0.3 is 9.47 Å². The average molecular weight is 336 g/mol. The number of carbonyl (C=O) groups is 4. The van der Waals surface area contributed by atoms with Crippen LogP contribution < -0.4 is 0 Å². The van der Waals surface area contributed by atoms with Crippen LogP contribution >= 0.6 is 0 Å². The molecule has 6 nitrogen and oxygen atoms in total. The van der Waals surface area contributed by atoms with Gasteiger partial charge in [0, 0.05) is 0 Å². The Morgan fingerprint density at radius 2 is 1.04 bits per heavy atom. The van der Waals surface area contributed by atoms with Crippen molar-refractivity contribution in [2.24, 2.45) is 0 Å². The van der Waals surface area contributed by atoms with Crippen LogP contribution in [-0.4, -0.2) is 23.9 Å². The fourth-order valence-corrected chi connectivity index (χ4v) is 3.29. The van der Waals surface area contributed by atoms with Gasteiger partial charge in [-0.25, -0.2) is 19.2 Å². The lowest BCUT2D eigenvalue weighted by atomic mass is 9.94. The Labute approximate surface area is 142 Å². The molecule has 2 heterocycles. The van der Waals surface area contributed by atoms with E-state index in [4.69, 9.17) is 0 Å². The summed E-state index contributed by atoms with van der Waals surface area (Å²) in [5, 5.41) is 0.